The normalized spacial score (nSPS) is 11.0. The Morgan fingerprint density at radius 2 is 2.10 bits per heavy atom. The Kier molecular flexibility index (Phi) is 5.12. The lowest BCUT2D eigenvalue weighted by molar-refractivity contribution is -0.385. The molecule has 1 aromatic carbocycles. The molecule has 0 aliphatic heterocycles. The second-order valence-corrected chi connectivity index (χ2v) is 5.15. The van der Waals surface area contributed by atoms with Crippen molar-refractivity contribution < 1.29 is 19.6 Å². The molecule has 7 nitrogen and oxygen atoms in total. The van der Waals surface area contributed by atoms with Gasteiger partial charge >= 0.3 is 11.7 Å². The highest BCUT2D eigenvalue weighted by atomic mass is 16.6. The maximum atomic E-state index is 11.4. The van der Waals surface area contributed by atoms with Crippen LogP contribution in [0.15, 0.2) is 18.2 Å². The fraction of sp³-hybridized carbons (Fsp3) is 0.500. The Labute approximate surface area is 123 Å². The second-order valence-electron chi connectivity index (χ2n) is 5.15. The number of carboxylic acids is 1. The predicted octanol–water partition coefficient (Wildman–Crippen LogP) is 2.68. The summed E-state index contributed by atoms with van der Waals surface area (Å²) in [5.74, 6) is -0.924. The van der Waals surface area contributed by atoms with Crippen LogP contribution in [0.1, 0.15) is 27.2 Å². The summed E-state index contributed by atoms with van der Waals surface area (Å²) in [6, 6.07) is 4.64. The van der Waals surface area contributed by atoms with Gasteiger partial charge in [0.2, 0.25) is 0 Å². The SMILES string of the molecule is CCCOc1cccc(N(C)C(C)(C)C(=O)O)c1[N+](=O)[O-]. The van der Waals surface area contributed by atoms with Gasteiger partial charge in [0.05, 0.1) is 11.5 Å². The Bertz CT molecular complexity index is 542. The first kappa shape index (κ1) is 16.7. The molecular formula is C14H20N2O5. The molecule has 1 N–H and O–H groups in total. The monoisotopic (exact) mass is 296 g/mol. The molecule has 0 saturated carbocycles. The Morgan fingerprint density at radius 3 is 2.57 bits per heavy atom. The summed E-state index contributed by atoms with van der Waals surface area (Å²) in [6.07, 6.45) is 0.720. The summed E-state index contributed by atoms with van der Waals surface area (Å²) in [7, 11) is 1.51. The number of nitro groups is 1. The second kappa shape index (κ2) is 6.43. The minimum absolute atomic E-state index is 0.146. The number of carbonyl (C=O) groups is 1. The average molecular weight is 296 g/mol. The van der Waals surface area contributed by atoms with E-state index in [9.17, 15) is 20.0 Å². The van der Waals surface area contributed by atoms with Gasteiger partial charge in [-0.15, -0.1) is 0 Å². The number of anilines is 1. The minimum Gasteiger partial charge on any atom is -0.487 e. The zero-order valence-electron chi connectivity index (χ0n) is 12.6. The fourth-order valence-electron chi connectivity index (χ4n) is 1.74. The van der Waals surface area contributed by atoms with Gasteiger partial charge in [-0.2, -0.15) is 0 Å². The Balaban J connectivity index is 3.35. The third-order valence-corrected chi connectivity index (χ3v) is 3.35. The minimum atomic E-state index is -1.28. The van der Waals surface area contributed by atoms with E-state index in [1.54, 1.807) is 6.07 Å². The van der Waals surface area contributed by atoms with Crippen LogP contribution in [0, 0.1) is 10.1 Å². The maximum absolute atomic E-state index is 11.4. The number of likely N-dealkylation sites (N-methyl/N-ethyl adjacent to an activating group) is 1. The quantitative estimate of drug-likeness (QED) is 0.614. The molecule has 0 bridgehead atoms. The lowest BCUT2D eigenvalue weighted by Gasteiger charge is -2.33. The number of carboxylic acid groups (broad SMARTS) is 1. The number of nitrogens with zero attached hydrogens (tertiary/aromatic N) is 2. The van der Waals surface area contributed by atoms with E-state index in [0.717, 1.165) is 6.42 Å². The third kappa shape index (κ3) is 3.42. The summed E-state index contributed by atoms with van der Waals surface area (Å²) < 4.78 is 5.40. The largest absolute Gasteiger partial charge is 0.487 e. The number of nitro benzene ring substituents is 1. The summed E-state index contributed by atoms with van der Waals surface area (Å²) in [5.41, 5.74) is -1.29. The number of para-hydroxylation sites is 1. The van der Waals surface area contributed by atoms with Gasteiger partial charge in [0, 0.05) is 7.05 Å². The van der Waals surface area contributed by atoms with Crippen LogP contribution in [0.25, 0.3) is 0 Å². The van der Waals surface area contributed by atoms with Crippen molar-refractivity contribution in [1.82, 2.24) is 0 Å². The van der Waals surface area contributed by atoms with Gasteiger partial charge in [-0.25, -0.2) is 4.79 Å². The molecule has 0 radical (unpaired) electrons. The van der Waals surface area contributed by atoms with Crippen LogP contribution in [-0.2, 0) is 4.79 Å². The average Bonchev–Trinajstić information content (AvgIpc) is 2.43. The van der Waals surface area contributed by atoms with Crippen LogP contribution in [-0.4, -0.2) is 35.2 Å². The van der Waals surface area contributed by atoms with E-state index >= 15 is 0 Å². The molecule has 0 spiro atoms. The van der Waals surface area contributed by atoms with E-state index in [2.05, 4.69) is 0 Å². The molecule has 0 aliphatic rings. The van der Waals surface area contributed by atoms with Gasteiger partial charge in [-0.1, -0.05) is 13.0 Å². The van der Waals surface area contributed by atoms with Crippen molar-refractivity contribution in [2.24, 2.45) is 0 Å². The number of aliphatic carboxylic acids is 1. The number of rotatable bonds is 7. The van der Waals surface area contributed by atoms with E-state index in [4.69, 9.17) is 4.74 Å². The molecule has 0 atom stereocenters. The van der Waals surface area contributed by atoms with Crippen molar-refractivity contribution >= 4 is 17.3 Å². The molecule has 7 heteroatoms. The first-order valence-corrected chi connectivity index (χ1v) is 6.60. The summed E-state index contributed by atoms with van der Waals surface area (Å²) in [6.45, 7) is 5.23. The fourth-order valence-corrected chi connectivity index (χ4v) is 1.74. The van der Waals surface area contributed by atoms with Crippen LogP contribution in [0.5, 0.6) is 5.75 Å². The van der Waals surface area contributed by atoms with Gasteiger partial charge in [0.1, 0.15) is 11.2 Å². The van der Waals surface area contributed by atoms with Gasteiger partial charge < -0.3 is 14.7 Å². The van der Waals surface area contributed by atoms with Gasteiger partial charge in [0.15, 0.2) is 5.75 Å². The van der Waals surface area contributed by atoms with Crippen LogP contribution >= 0.6 is 0 Å². The molecule has 1 rings (SSSR count). The van der Waals surface area contributed by atoms with E-state index in [1.807, 2.05) is 6.92 Å². The van der Waals surface area contributed by atoms with Crippen LogP contribution in [0.3, 0.4) is 0 Å². The van der Waals surface area contributed by atoms with Gasteiger partial charge in [-0.05, 0) is 32.4 Å². The molecule has 116 valence electrons. The molecule has 0 fully saturated rings. The highest BCUT2D eigenvalue weighted by Crippen LogP contribution is 2.39. The molecule has 21 heavy (non-hydrogen) atoms. The predicted molar refractivity (Wildman–Crippen MR) is 79.0 cm³/mol. The van der Waals surface area contributed by atoms with Crippen molar-refractivity contribution in [1.29, 1.82) is 0 Å². The Hall–Kier alpha value is -2.31. The van der Waals surface area contributed by atoms with Crippen LogP contribution < -0.4 is 9.64 Å². The molecule has 0 amide bonds. The summed E-state index contributed by atoms with van der Waals surface area (Å²) >= 11 is 0. The van der Waals surface area contributed by atoms with E-state index in [1.165, 1.54) is 37.9 Å². The highest BCUT2D eigenvalue weighted by Gasteiger charge is 2.36. The van der Waals surface area contributed by atoms with E-state index in [0.29, 0.717) is 6.61 Å². The van der Waals surface area contributed by atoms with Crippen LogP contribution in [0.2, 0.25) is 0 Å². The first-order valence-electron chi connectivity index (χ1n) is 6.60. The molecule has 0 saturated heterocycles. The summed E-state index contributed by atoms with van der Waals surface area (Å²) in [5, 5.41) is 20.6. The maximum Gasteiger partial charge on any atom is 0.333 e. The number of hydrogen-bond donors (Lipinski definition) is 1. The van der Waals surface area contributed by atoms with E-state index in [-0.39, 0.29) is 17.1 Å². The molecule has 1 aromatic rings. The summed E-state index contributed by atoms with van der Waals surface area (Å²) in [4.78, 5) is 23.5. The van der Waals surface area contributed by atoms with Gasteiger partial charge in [-0.3, -0.25) is 10.1 Å². The third-order valence-electron chi connectivity index (χ3n) is 3.35. The van der Waals surface area contributed by atoms with E-state index < -0.39 is 16.4 Å². The van der Waals surface area contributed by atoms with Crippen molar-refractivity contribution in [3.8, 4) is 5.75 Å². The lowest BCUT2D eigenvalue weighted by atomic mass is 10.0. The zero-order chi connectivity index (χ0) is 16.2. The molecule has 0 aromatic heterocycles. The van der Waals surface area contributed by atoms with Gasteiger partial charge in [0.25, 0.3) is 0 Å². The van der Waals surface area contributed by atoms with Crippen molar-refractivity contribution in [3.05, 3.63) is 28.3 Å². The Morgan fingerprint density at radius 1 is 1.48 bits per heavy atom. The number of hydrogen-bond acceptors (Lipinski definition) is 5. The van der Waals surface area contributed by atoms with Crippen molar-refractivity contribution in [3.63, 3.8) is 0 Å². The van der Waals surface area contributed by atoms with Crippen LogP contribution in [0.4, 0.5) is 11.4 Å². The first-order chi connectivity index (χ1) is 9.73. The van der Waals surface area contributed by atoms with Crippen molar-refractivity contribution in [2.45, 2.75) is 32.7 Å². The molecule has 0 aliphatic carbocycles. The molecular weight excluding hydrogens is 276 g/mol. The lowest BCUT2D eigenvalue weighted by Crippen LogP contribution is -2.48. The zero-order valence-corrected chi connectivity index (χ0v) is 12.6. The van der Waals surface area contributed by atoms with Crippen molar-refractivity contribution in [2.75, 3.05) is 18.6 Å². The molecule has 0 unspecified atom stereocenters. The molecule has 0 heterocycles. The number of benzene rings is 1. The smallest absolute Gasteiger partial charge is 0.333 e. The topological polar surface area (TPSA) is 92.9 Å². The number of ether oxygens (including phenoxy) is 1. The highest BCUT2D eigenvalue weighted by molar-refractivity contribution is 5.84. The standard InChI is InChI=1S/C14H20N2O5/c1-5-9-21-11-8-6-7-10(12(11)16(19)20)15(4)14(2,3)13(17)18/h6-8H,5,9H2,1-4H3,(H,17,18).